The second-order valence-electron chi connectivity index (χ2n) is 4.04. The lowest BCUT2D eigenvalue weighted by atomic mass is 10.2. The summed E-state index contributed by atoms with van der Waals surface area (Å²) in [6.07, 6.45) is 1.33. The van der Waals surface area contributed by atoms with Crippen molar-refractivity contribution < 1.29 is 9.47 Å². The van der Waals surface area contributed by atoms with E-state index >= 15 is 0 Å². The third kappa shape index (κ3) is 3.09. The van der Waals surface area contributed by atoms with Gasteiger partial charge in [-0.05, 0) is 34.4 Å². The van der Waals surface area contributed by atoms with Crippen molar-refractivity contribution in [1.82, 2.24) is 4.90 Å². The zero-order valence-electron chi connectivity index (χ0n) is 8.46. The smallest absolute Gasteiger partial charge is 0.163 e. The highest BCUT2D eigenvalue weighted by atomic mass is 16.7. The molecule has 0 unspecified atom stereocenters. The molecular weight excluding hydrogens is 154 g/mol. The average molecular weight is 173 g/mol. The van der Waals surface area contributed by atoms with E-state index in [4.69, 9.17) is 9.47 Å². The second kappa shape index (κ2) is 3.73. The van der Waals surface area contributed by atoms with Gasteiger partial charge in [-0.15, -0.1) is 0 Å². The zero-order chi connectivity index (χ0) is 9.19. The minimum absolute atomic E-state index is 0.280. The van der Waals surface area contributed by atoms with E-state index in [-0.39, 0.29) is 11.9 Å². The van der Waals surface area contributed by atoms with Crippen LogP contribution in [0.3, 0.4) is 0 Å². The third-order valence-corrected chi connectivity index (χ3v) is 1.97. The molecule has 1 rings (SSSR count). The van der Waals surface area contributed by atoms with Gasteiger partial charge >= 0.3 is 0 Å². The fraction of sp³-hybridized carbons (Fsp3) is 1.00. The Morgan fingerprint density at radius 1 is 1.42 bits per heavy atom. The molecular formula is C9H19NO2. The highest BCUT2D eigenvalue weighted by Gasteiger charge is 2.32. The van der Waals surface area contributed by atoms with E-state index in [0.717, 1.165) is 19.6 Å². The summed E-state index contributed by atoms with van der Waals surface area (Å²) in [6.45, 7) is 5.72. The summed E-state index contributed by atoms with van der Waals surface area (Å²) in [4.78, 5) is 2.16. The molecule has 0 aromatic carbocycles. The van der Waals surface area contributed by atoms with Crippen LogP contribution in [0.1, 0.15) is 20.3 Å². The molecule has 1 fully saturated rings. The summed E-state index contributed by atoms with van der Waals surface area (Å²) >= 11 is 0. The van der Waals surface area contributed by atoms with Gasteiger partial charge < -0.3 is 14.4 Å². The van der Waals surface area contributed by atoms with Gasteiger partial charge in [0.25, 0.3) is 0 Å². The van der Waals surface area contributed by atoms with Crippen molar-refractivity contribution in [1.29, 1.82) is 0 Å². The minimum Gasteiger partial charge on any atom is -0.348 e. The summed E-state index contributed by atoms with van der Waals surface area (Å²) in [7, 11) is 4.14. The highest BCUT2D eigenvalue weighted by Crippen LogP contribution is 2.23. The lowest BCUT2D eigenvalue weighted by Gasteiger charge is -2.18. The van der Waals surface area contributed by atoms with E-state index in [9.17, 15) is 0 Å². The molecule has 0 amide bonds. The van der Waals surface area contributed by atoms with Crippen LogP contribution in [0.2, 0.25) is 0 Å². The van der Waals surface area contributed by atoms with Gasteiger partial charge in [0.15, 0.2) is 5.79 Å². The van der Waals surface area contributed by atoms with E-state index in [1.165, 1.54) is 0 Å². The molecule has 1 saturated heterocycles. The Kier molecular flexibility index (Phi) is 3.09. The third-order valence-electron chi connectivity index (χ3n) is 1.97. The van der Waals surface area contributed by atoms with Crippen molar-refractivity contribution in [3.8, 4) is 0 Å². The van der Waals surface area contributed by atoms with E-state index < -0.39 is 0 Å². The quantitative estimate of drug-likeness (QED) is 0.637. The first-order valence-electron chi connectivity index (χ1n) is 4.46. The number of hydrogen-bond acceptors (Lipinski definition) is 3. The van der Waals surface area contributed by atoms with Gasteiger partial charge in [0.05, 0.1) is 12.7 Å². The largest absolute Gasteiger partial charge is 0.348 e. The summed E-state index contributed by atoms with van der Waals surface area (Å²) < 4.78 is 11.1. The number of hydrogen-bond donors (Lipinski definition) is 0. The molecule has 0 spiro atoms. The molecule has 1 aliphatic heterocycles. The standard InChI is InChI=1S/C9H19NO2/c1-9(2)11-7-8(12-9)5-6-10(3)4/h8H,5-7H2,1-4H3/t8-/m0/s1. The van der Waals surface area contributed by atoms with Gasteiger partial charge in [-0.25, -0.2) is 0 Å². The molecule has 0 bridgehead atoms. The molecule has 0 aliphatic carbocycles. The predicted octanol–water partition coefficient (Wildman–Crippen LogP) is 1.09. The number of ether oxygens (including phenoxy) is 2. The van der Waals surface area contributed by atoms with Crippen molar-refractivity contribution in [3.63, 3.8) is 0 Å². The summed E-state index contributed by atoms with van der Waals surface area (Å²) in [5.74, 6) is -0.364. The summed E-state index contributed by atoms with van der Waals surface area (Å²) in [5.41, 5.74) is 0. The van der Waals surface area contributed by atoms with Crippen LogP contribution in [0.25, 0.3) is 0 Å². The minimum atomic E-state index is -0.364. The first-order valence-corrected chi connectivity index (χ1v) is 4.46. The van der Waals surface area contributed by atoms with Crippen molar-refractivity contribution in [3.05, 3.63) is 0 Å². The Labute approximate surface area is 74.6 Å². The van der Waals surface area contributed by atoms with Crippen LogP contribution in [-0.2, 0) is 9.47 Å². The maximum Gasteiger partial charge on any atom is 0.163 e. The van der Waals surface area contributed by atoms with Crippen LogP contribution in [0, 0.1) is 0 Å². The molecule has 0 aromatic heterocycles. The van der Waals surface area contributed by atoms with Crippen molar-refractivity contribution in [2.45, 2.75) is 32.2 Å². The van der Waals surface area contributed by atoms with Gasteiger partial charge in [-0.3, -0.25) is 0 Å². The van der Waals surface area contributed by atoms with Crippen LogP contribution in [0.4, 0.5) is 0 Å². The van der Waals surface area contributed by atoms with Crippen LogP contribution in [0.5, 0.6) is 0 Å². The molecule has 3 nitrogen and oxygen atoms in total. The molecule has 1 heterocycles. The van der Waals surface area contributed by atoms with Gasteiger partial charge in [0.2, 0.25) is 0 Å². The molecule has 0 radical (unpaired) electrons. The first kappa shape index (κ1) is 9.96. The molecule has 1 aliphatic rings. The Balaban J connectivity index is 2.20. The predicted molar refractivity (Wildman–Crippen MR) is 48.1 cm³/mol. The van der Waals surface area contributed by atoms with Crippen LogP contribution in [-0.4, -0.2) is 44.0 Å². The maximum atomic E-state index is 5.65. The van der Waals surface area contributed by atoms with E-state index in [1.807, 2.05) is 13.8 Å². The lowest BCUT2D eigenvalue weighted by Crippen LogP contribution is -2.24. The Bertz CT molecular complexity index is 145. The molecule has 12 heavy (non-hydrogen) atoms. The lowest BCUT2D eigenvalue weighted by molar-refractivity contribution is -0.139. The van der Waals surface area contributed by atoms with Crippen LogP contribution >= 0.6 is 0 Å². The number of nitrogens with zero attached hydrogens (tertiary/aromatic N) is 1. The molecule has 3 heteroatoms. The van der Waals surface area contributed by atoms with Crippen molar-refractivity contribution >= 4 is 0 Å². The Morgan fingerprint density at radius 3 is 2.50 bits per heavy atom. The van der Waals surface area contributed by atoms with Gasteiger partial charge in [-0.1, -0.05) is 0 Å². The molecule has 0 aromatic rings. The summed E-state index contributed by atoms with van der Waals surface area (Å²) in [6, 6.07) is 0. The molecule has 0 N–H and O–H groups in total. The Morgan fingerprint density at radius 2 is 2.08 bits per heavy atom. The second-order valence-corrected chi connectivity index (χ2v) is 4.04. The summed E-state index contributed by atoms with van der Waals surface area (Å²) in [5, 5.41) is 0. The zero-order valence-corrected chi connectivity index (χ0v) is 8.46. The van der Waals surface area contributed by atoms with E-state index in [1.54, 1.807) is 0 Å². The van der Waals surface area contributed by atoms with Crippen LogP contribution in [0.15, 0.2) is 0 Å². The van der Waals surface area contributed by atoms with Gasteiger partial charge in [-0.2, -0.15) is 0 Å². The SMILES string of the molecule is CN(C)CC[C@H]1COC(C)(C)O1. The molecule has 0 saturated carbocycles. The Hall–Kier alpha value is -0.120. The van der Waals surface area contributed by atoms with E-state index in [0.29, 0.717) is 0 Å². The molecule has 72 valence electrons. The van der Waals surface area contributed by atoms with Gasteiger partial charge in [0.1, 0.15) is 0 Å². The molecule has 1 atom stereocenters. The average Bonchev–Trinajstić information content (AvgIpc) is 2.26. The fourth-order valence-electron chi connectivity index (χ4n) is 1.31. The van der Waals surface area contributed by atoms with Crippen molar-refractivity contribution in [2.75, 3.05) is 27.2 Å². The fourth-order valence-corrected chi connectivity index (χ4v) is 1.31. The monoisotopic (exact) mass is 173 g/mol. The van der Waals surface area contributed by atoms with Crippen molar-refractivity contribution in [2.24, 2.45) is 0 Å². The van der Waals surface area contributed by atoms with Crippen LogP contribution < -0.4 is 0 Å². The number of rotatable bonds is 3. The normalized spacial score (nSPS) is 28.2. The highest BCUT2D eigenvalue weighted by molar-refractivity contribution is 4.71. The first-order chi connectivity index (χ1) is 5.49. The maximum absolute atomic E-state index is 5.65. The van der Waals surface area contributed by atoms with Gasteiger partial charge in [0, 0.05) is 6.54 Å². The van der Waals surface area contributed by atoms with E-state index in [2.05, 4.69) is 19.0 Å². The topological polar surface area (TPSA) is 21.7 Å².